The minimum Gasteiger partial charge on any atom is -0.477 e. The number of carbonyl (C=O) groups excluding carboxylic acids is 3. The summed E-state index contributed by atoms with van der Waals surface area (Å²) in [6, 6.07) is -0.962. The first-order valence-electron chi connectivity index (χ1n) is 9.70. The topological polar surface area (TPSA) is 177 Å². The van der Waals surface area contributed by atoms with Crippen LogP contribution < -0.4 is 11.1 Å². The van der Waals surface area contributed by atoms with Gasteiger partial charge in [-0.15, -0.1) is 23.1 Å². The molecule has 2 aliphatic rings. The summed E-state index contributed by atoms with van der Waals surface area (Å²) in [6.45, 7) is -0.0587. The van der Waals surface area contributed by atoms with Crippen LogP contribution in [0.15, 0.2) is 34.0 Å². The van der Waals surface area contributed by atoms with Gasteiger partial charge in [0.05, 0.1) is 0 Å². The Morgan fingerprint density at radius 2 is 2.18 bits per heavy atom. The van der Waals surface area contributed by atoms with Gasteiger partial charge >= 0.3 is 12.1 Å². The van der Waals surface area contributed by atoms with E-state index >= 15 is 0 Å². The zero-order chi connectivity index (χ0) is 25.0. The number of oxime groups is 1. The Morgan fingerprint density at radius 3 is 2.76 bits per heavy atom. The number of carboxylic acids is 1. The van der Waals surface area contributed by atoms with Crippen LogP contribution >= 0.6 is 23.1 Å². The fourth-order valence-corrected chi connectivity index (χ4v) is 4.98. The van der Waals surface area contributed by atoms with Gasteiger partial charge in [0, 0.05) is 25.2 Å². The van der Waals surface area contributed by atoms with Crippen molar-refractivity contribution in [1.29, 1.82) is 0 Å². The number of nitrogens with one attached hydrogen (secondary N) is 1. The van der Waals surface area contributed by atoms with Crippen LogP contribution in [0.3, 0.4) is 0 Å². The molecule has 4 N–H and O–H groups in total. The lowest BCUT2D eigenvalue weighted by Crippen LogP contribution is -2.71. The molecule has 1 fully saturated rings. The van der Waals surface area contributed by atoms with Gasteiger partial charge in [-0.3, -0.25) is 14.5 Å². The third-order valence-electron chi connectivity index (χ3n) is 4.64. The number of amides is 3. The van der Waals surface area contributed by atoms with Crippen LogP contribution in [0.5, 0.6) is 0 Å². The molecule has 1 saturated heterocycles. The van der Waals surface area contributed by atoms with Gasteiger partial charge in [-0.2, -0.15) is 0 Å². The number of thioether (sulfide) groups is 1. The maximum absolute atomic E-state index is 12.8. The van der Waals surface area contributed by atoms with E-state index in [9.17, 15) is 24.3 Å². The number of nitrogen functional groups attached to an aromatic ring is 1. The predicted molar refractivity (Wildman–Crippen MR) is 124 cm³/mol. The molecule has 1 aromatic heterocycles. The van der Waals surface area contributed by atoms with Gasteiger partial charge in [0.25, 0.3) is 11.8 Å². The normalized spacial score (nSPS) is 20.0. The number of thiazole rings is 1. The molecule has 2 aliphatic heterocycles. The molecule has 13 nitrogen and oxygen atoms in total. The SMILES string of the molecule is CO/N=C(/C(=O)N[C@@H]1C(=O)N2C(C(=O)O)=C(/C=C\COC(=O)N(C)C)CS[C@H]12)c1csc(N)n1. The lowest BCUT2D eigenvalue weighted by atomic mass is 10.0. The van der Waals surface area contributed by atoms with Crippen LogP contribution in [0.1, 0.15) is 5.69 Å². The number of hydrogen-bond acceptors (Lipinski definition) is 11. The van der Waals surface area contributed by atoms with Crippen LogP contribution in [-0.2, 0) is 24.0 Å². The molecule has 3 rings (SSSR count). The minimum absolute atomic E-state index is 0.0587. The summed E-state index contributed by atoms with van der Waals surface area (Å²) >= 11 is 2.40. The second kappa shape index (κ2) is 10.6. The monoisotopic (exact) mass is 510 g/mol. The first-order chi connectivity index (χ1) is 16.1. The van der Waals surface area contributed by atoms with Gasteiger partial charge < -0.3 is 30.6 Å². The van der Waals surface area contributed by atoms with E-state index in [-0.39, 0.29) is 34.6 Å². The summed E-state index contributed by atoms with van der Waals surface area (Å²) in [4.78, 5) is 60.0. The molecule has 0 radical (unpaired) electrons. The summed E-state index contributed by atoms with van der Waals surface area (Å²) in [7, 11) is 4.34. The van der Waals surface area contributed by atoms with Crippen molar-refractivity contribution in [2.24, 2.45) is 5.16 Å². The largest absolute Gasteiger partial charge is 0.477 e. The van der Waals surface area contributed by atoms with Gasteiger partial charge in [-0.25, -0.2) is 14.6 Å². The lowest BCUT2D eigenvalue weighted by Gasteiger charge is -2.49. The number of carboxylic acid groups (broad SMARTS) is 1. The molecule has 0 spiro atoms. The average molecular weight is 511 g/mol. The predicted octanol–water partition coefficient (Wildman–Crippen LogP) is 0.0688. The van der Waals surface area contributed by atoms with Crippen LogP contribution in [0.25, 0.3) is 0 Å². The highest BCUT2D eigenvalue weighted by Gasteiger charge is 2.54. The quantitative estimate of drug-likeness (QED) is 0.246. The molecular formula is C19H22N6O7S2. The smallest absolute Gasteiger partial charge is 0.409 e. The Hall–Kier alpha value is -3.59. The summed E-state index contributed by atoms with van der Waals surface area (Å²) in [5, 5.41) is 17.1. The highest BCUT2D eigenvalue weighted by atomic mass is 32.2. The number of nitrogens with two attached hydrogens (primary N) is 1. The molecule has 0 unspecified atom stereocenters. The summed E-state index contributed by atoms with van der Waals surface area (Å²) in [5.74, 6) is -2.31. The van der Waals surface area contributed by atoms with Gasteiger partial charge in [0.15, 0.2) is 10.8 Å². The van der Waals surface area contributed by atoms with E-state index < -0.39 is 35.3 Å². The van der Waals surface area contributed by atoms with E-state index in [1.54, 1.807) is 0 Å². The molecule has 0 aliphatic carbocycles. The number of anilines is 1. The van der Waals surface area contributed by atoms with Crippen molar-refractivity contribution in [1.82, 2.24) is 20.1 Å². The number of rotatable bonds is 8. The van der Waals surface area contributed by atoms with Crippen molar-refractivity contribution >= 4 is 57.8 Å². The van der Waals surface area contributed by atoms with E-state index in [0.717, 1.165) is 16.2 Å². The van der Waals surface area contributed by atoms with Crippen LogP contribution in [0.4, 0.5) is 9.93 Å². The minimum atomic E-state index is -1.28. The number of aliphatic carboxylic acids is 1. The number of allylic oxidation sites excluding steroid dienone is 1. The summed E-state index contributed by atoms with van der Waals surface area (Å²) in [5.41, 5.74) is 5.84. The Bertz CT molecular complexity index is 1100. The number of aromatic nitrogens is 1. The molecule has 15 heteroatoms. The maximum atomic E-state index is 12.8. The summed E-state index contributed by atoms with van der Waals surface area (Å²) in [6.07, 6.45) is 2.46. The number of nitrogens with zero attached hydrogens (tertiary/aromatic N) is 4. The van der Waals surface area contributed by atoms with E-state index in [1.807, 2.05) is 0 Å². The number of hydrogen-bond donors (Lipinski definition) is 3. The highest BCUT2D eigenvalue weighted by molar-refractivity contribution is 8.00. The van der Waals surface area contributed by atoms with Crippen LogP contribution in [0.2, 0.25) is 0 Å². The molecule has 34 heavy (non-hydrogen) atoms. The first-order valence-corrected chi connectivity index (χ1v) is 11.6. The molecule has 1 aromatic rings. The van der Waals surface area contributed by atoms with E-state index in [4.69, 9.17) is 15.3 Å². The molecule has 0 aromatic carbocycles. The first kappa shape index (κ1) is 25.0. The second-order valence-electron chi connectivity index (χ2n) is 7.11. The van der Waals surface area contributed by atoms with Gasteiger partial charge in [-0.1, -0.05) is 11.2 Å². The Kier molecular flexibility index (Phi) is 7.78. The van der Waals surface area contributed by atoms with Crippen LogP contribution in [0, 0.1) is 0 Å². The van der Waals surface area contributed by atoms with Gasteiger partial charge in [-0.05, 0) is 11.6 Å². The number of carbonyl (C=O) groups is 4. The van der Waals surface area contributed by atoms with Crippen molar-refractivity contribution in [3.63, 3.8) is 0 Å². The molecule has 2 atom stereocenters. The highest BCUT2D eigenvalue weighted by Crippen LogP contribution is 2.40. The third kappa shape index (κ3) is 5.14. The van der Waals surface area contributed by atoms with Crippen molar-refractivity contribution in [2.45, 2.75) is 11.4 Å². The number of β-lactam (4-membered cyclic amide) rings is 1. The van der Waals surface area contributed by atoms with Crippen LogP contribution in [-0.4, -0.2) is 94.5 Å². The lowest BCUT2D eigenvalue weighted by molar-refractivity contribution is -0.150. The Balaban J connectivity index is 1.72. The van der Waals surface area contributed by atoms with Crippen molar-refractivity contribution in [3.8, 4) is 0 Å². The van der Waals surface area contributed by atoms with Gasteiger partial charge in [0.1, 0.15) is 36.5 Å². The van der Waals surface area contributed by atoms with Crippen molar-refractivity contribution in [2.75, 3.05) is 39.3 Å². The molecule has 3 amide bonds. The number of ether oxygens (including phenoxy) is 1. The van der Waals surface area contributed by atoms with Crippen molar-refractivity contribution < 1.29 is 33.9 Å². The second-order valence-corrected chi connectivity index (χ2v) is 9.10. The van der Waals surface area contributed by atoms with E-state index in [0.29, 0.717) is 5.57 Å². The zero-order valence-corrected chi connectivity index (χ0v) is 20.0. The van der Waals surface area contributed by atoms with E-state index in [2.05, 4.69) is 15.5 Å². The number of fused-ring (bicyclic) bond motifs is 1. The fourth-order valence-electron chi connectivity index (χ4n) is 3.11. The van der Waals surface area contributed by atoms with Crippen molar-refractivity contribution in [3.05, 3.63) is 34.5 Å². The fraction of sp³-hybridized carbons (Fsp3) is 0.368. The zero-order valence-electron chi connectivity index (χ0n) is 18.4. The standard InChI is InChI=1S/C19H22N6O7S2/c1-24(2)19(30)32-6-4-5-9-7-33-16-12(15(27)25(16)13(9)17(28)29)22-14(26)11(23-31-3)10-8-34-18(20)21-10/h4-5,8,12,16H,6-7H2,1-3H3,(H2,20,21)(H,22,26)(H,28,29)/b5-4-,23-11+/t12-,16-/m1/s1. The summed E-state index contributed by atoms with van der Waals surface area (Å²) < 4.78 is 4.98. The van der Waals surface area contributed by atoms with E-state index in [1.165, 1.54) is 55.4 Å². The third-order valence-corrected chi connectivity index (χ3v) is 6.61. The van der Waals surface area contributed by atoms with Gasteiger partial charge in [0.2, 0.25) is 0 Å². The average Bonchev–Trinajstić information content (AvgIpc) is 3.23. The molecule has 182 valence electrons. The Morgan fingerprint density at radius 1 is 1.44 bits per heavy atom. The molecule has 0 saturated carbocycles. The Labute approximate surface area is 202 Å². The molecule has 0 bridgehead atoms. The maximum Gasteiger partial charge on any atom is 0.409 e. The molecular weight excluding hydrogens is 488 g/mol. The molecule has 3 heterocycles.